The number of nitrogens with zero attached hydrogens (tertiary/aromatic N) is 4. The first kappa shape index (κ1) is 25.1. The van der Waals surface area contributed by atoms with Crippen LogP contribution < -0.4 is 0 Å². The summed E-state index contributed by atoms with van der Waals surface area (Å²) < 4.78 is 0. The fourth-order valence-corrected chi connectivity index (χ4v) is 5.98. The van der Waals surface area contributed by atoms with Crippen LogP contribution in [0.15, 0.2) is 132 Å². The van der Waals surface area contributed by atoms with E-state index in [1.165, 1.54) is 32.7 Å². The molecule has 5 aromatic carbocycles. The van der Waals surface area contributed by atoms with Crippen molar-refractivity contribution in [3.63, 3.8) is 0 Å². The lowest BCUT2D eigenvalue weighted by Gasteiger charge is -2.18. The Kier molecular flexibility index (Phi) is 6.36. The Hall–Kier alpha value is -5.84. The van der Waals surface area contributed by atoms with Crippen LogP contribution in [0.4, 0.5) is 0 Å². The van der Waals surface area contributed by atoms with Crippen LogP contribution in [0.25, 0.3) is 55.1 Å². The summed E-state index contributed by atoms with van der Waals surface area (Å²) in [6, 6.07) is 42.0. The highest BCUT2D eigenvalue weighted by atomic mass is 14.7. The number of pyridine rings is 1. The van der Waals surface area contributed by atoms with Crippen molar-refractivity contribution >= 4 is 27.3 Å². The van der Waals surface area contributed by atoms with E-state index >= 15 is 0 Å². The molecular weight excluding hydrogens is 512 g/mol. The first-order chi connectivity index (χ1) is 20.8. The van der Waals surface area contributed by atoms with Crippen molar-refractivity contribution in [2.75, 3.05) is 6.54 Å². The number of dihydropyridines is 1. The fraction of sp³-hybridized carbons (Fsp3) is 0.0526. The highest BCUT2D eigenvalue weighted by molar-refractivity contribution is 6.21. The smallest absolute Gasteiger partial charge is 0.101 e. The molecule has 196 valence electrons. The molecule has 42 heavy (non-hydrogen) atoms. The summed E-state index contributed by atoms with van der Waals surface area (Å²) in [5, 5.41) is 23.8. The van der Waals surface area contributed by atoms with Gasteiger partial charge in [0.2, 0.25) is 0 Å². The number of aliphatic imine (C=N–C) groups is 1. The van der Waals surface area contributed by atoms with Crippen LogP contribution in [0.5, 0.6) is 0 Å². The van der Waals surface area contributed by atoms with Gasteiger partial charge in [-0.1, -0.05) is 103 Å². The van der Waals surface area contributed by atoms with Gasteiger partial charge in [-0.3, -0.25) is 9.98 Å². The minimum atomic E-state index is 0.562. The van der Waals surface area contributed by atoms with Gasteiger partial charge in [-0.2, -0.15) is 10.5 Å². The summed E-state index contributed by atoms with van der Waals surface area (Å²) >= 11 is 0. The topological polar surface area (TPSA) is 72.8 Å². The zero-order valence-electron chi connectivity index (χ0n) is 22.8. The van der Waals surface area contributed by atoms with Crippen LogP contribution in [0, 0.1) is 22.7 Å². The number of rotatable bonds is 4. The quantitative estimate of drug-likeness (QED) is 0.211. The standard InChI is InChI=1S/C38H24N4/c39-23-29-7-5-21-41-37(29)27-17-13-25(14-18-27)35-31-9-1-2-10-32(31)36(34-12-4-3-11-33(34)35)26-15-19-28(20-16-26)38-30(24-40)8-6-22-42-38/h1-5,7-21H,6,22H2. The molecule has 1 aromatic heterocycles. The second kappa shape index (κ2) is 10.6. The summed E-state index contributed by atoms with van der Waals surface area (Å²) in [5.74, 6) is 0. The van der Waals surface area contributed by atoms with Crippen molar-refractivity contribution in [1.29, 1.82) is 10.5 Å². The SMILES string of the molecule is N#CC1=CCCN=C1c1ccc(-c2c3ccccc3c(-c3ccc(-c4ncccc4C#N)cc3)c3ccccc23)cc1. The molecule has 4 nitrogen and oxygen atoms in total. The van der Waals surface area contributed by atoms with Gasteiger partial charge in [-0.05, 0) is 62.4 Å². The zero-order valence-corrected chi connectivity index (χ0v) is 22.8. The van der Waals surface area contributed by atoms with E-state index in [9.17, 15) is 10.5 Å². The molecule has 1 aliphatic heterocycles. The van der Waals surface area contributed by atoms with E-state index < -0.39 is 0 Å². The second-order valence-electron chi connectivity index (χ2n) is 10.3. The van der Waals surface area contributed by atoms with Crippen LogP contribution in [0.2, 0.25) is 0 Å². The molecule has 0 spiro atoms. The van der Waals surface area contributed by atoms with Crippen LogP contribution in [0.3, 0.4) is 0 Å². The third-order valence-electron chi connectivity index (χ3n) is 7.88. The maximum atomic E-state index is 9.59. The summed E-state index contributed by atoms with van der Waals surface area (Å²) in [7, 11) is 0. The van der Waals surface area contributed by atoms with E-state index in [0.717, 1.165) is 34.4 Å². The first-order valence-electron chi connectivity index (χ1n) is 13.9. The fourth-order valence-electron chi connectivity index (χ4n) is 5.98. The van der Waals surface area contributed by atoms with E-state index in [1.807, 2.05) is 18.2 Å². The molecule has 7 rings (SSSR count). The first-order valence-corrected chi connectivity index (χ1v) is 13.9. The van der Waals surface area contributed by atoms with Crippen molar-refractivity contribution in [2.45, 2.75) is 6.42 Å². The van der Waals surface area contributed by atoms with Crippen molar-refractivity contribution < 1.29 is 0 Å². The molecule has 0 radical (unpaired) electrons. The minimum Gasteiger partial charge on any atom is -0.283 e. The summed E-state index contributed by atoms with van der Waals surface area (Å²) in [4.78, 5) is 9.10. The number of hydrogen-bond donors (Lipinski definition) is 0. The van der Waals surface area contributed by atoms with Gasteiger partial charge >= 0.3 is 0 Å². The third kappa shape index (κ3) is 4.24. The molecule has 0 unspecified atom stereocenters. The molecule has 0 N–H and O–H groups in total. The van der Waals surface area contributed by atoms with Crippen molar-refractivity contribution in [3.05, 3.63) is 138 Å². The Morgan fingerprint density at radius 1 is 0.548 bits per heavy atom. The lowest BCUT2D eigenvalue weighted by Crippen LogP contribution is -2.09. The molecule has 2 heterocycles. The maximum Gasteiger partial charge on any atom is 0.101 e. The summed E-state index contributed by atoms with van der Waals surface area (Å²) in [5.41, 5.74) is 9.13. The Morgan fingerprint density at radius 3 is 1.60 bits per heavy atom. The zero-order chi connectivity index (χ0) is 28.5. The molecule has 6 aromatic rings. The van der Waals surface area contributed by atoms with E-state index in [4.69, 9.17) is 0 Å². The lowest BCUT2D eigenvalue weighted by molar-refractivity contribution is 0.986. The third-order valence-corrected chi connectivity index (χ3v) is 7.88. The highest BCUT2D eigenvalue weighted by Gasteiger charge is 2.18. The van der Waals surface area contributed by atoms with Gasteiger partial charge in [0.15, 0.2) is 0 Å². The molecule has 4 heteroatoms. The number of benzene rings is 5. The van der Waals surface area contributed by atoms with Crippen LogP contribution in [-0.2, 0) is 0 Å². The highest BCUT2D eigenvalue weighted by Crippen LogP contribution is 2.44. The number of allylic oxidation sites excluding steroid dienone is 1. The molecule has 0 saturated heterocycles. The second-order valence-corrected chi connectivity index (χ2v) is 10.3. The molecule has 0 amide bonds. The largest absolute Gasteiger partial charge is 0.283 e. The Balaban J connectivity index is 1.39. The molecular formula is C38H24N4. The maximum absolute atomic E-state index is 9.59. The van der Waals surface area contributed by atoms with E-state index in [-0.39, 0.29) is 0 Å². The van der Waals surface area contributed by atoms with Gasteiger partial charge in [0, 0.05) is 23.9 Å². The number of hydrogen-bond acceptors (Lipinski definition) is 4. The average molecular weight is 537 g/mol. The number of aromatic nitrogens is 1. The van der Waals surface area contributed by atoms with E-state index in [1.54, 1.807) is 18.3 Å². The van der Waals surface area contributed by atoms with Crippen LogP contribution in [0.1, 0.15) is 17.5 Å². The van der Waals surface area contributed by atoms with Gasteiger partial charge in [-0.15, -0.1) is 0 Å². The molecule has 0 fully saturated rings. The lowest BCUT2D eigenvalue weighted by atomic mass is 9.85. The van der Waals surface area contributed by atoms with Gasteiger partial charge in [0.05, 0.1) is 22.5 Å². The van der Waals surface area contributed by atoms with Crippen molar-refractivity contribution in [2.24, 2.45) is 4.99 Å². The molecule has 0 saturated carbocycles. The number of nitriles is 2. The average Bonchev–Trinajstić information content (AvgIpc) is 3.07. The monoisotopic (exact) mass is 536 g/mol. The van der Waals surface area contributed by atoms with Gasteiger partial charge in [0.1, 0.15) is 12.1 Å². The molecule has 0 bridgehead atoms. The Morgan fingerprint density at radius 2 is 1.07 bits per heavy atom. The predicted octanol–water partition coefficient (Wildman–Crippen LogP) is 8.90. The molecule has 0 atom stereocenters. The van der Waals surface area contributed by atoms with Gasteiger partial charge in [0.25, 0.3) is 0 Å². The van der Waals surface area contributed by atoms with Crippen molar-refractivity contribution in [3.8, 4) is 45.6 Å². The van der Waals surface area contributed by atoms with Crippen LogP contribution in [-0.4, -0.2) is 17.2 Å². The summed E-state index contributed by atoms with van der Waals surface area (Å²) in [6.45, 7) is 0.710. The summed E-state index contributed by atoms with van der Waals surface area (Å²) in [6.07, 6.45) is 4.50. The normalized spacial score (nSPS) is 12.8. The Labute approximate surface area is 244 Å². The molecule has 0 aliphatic carbocycles. The minimum absolute atomic E-state index is 0.562. The van der Waals surface area contributed by atoms with Gasteiger partial charge in [-0.25, -0.2) is 0 Å². The van der Waals surface area contributed by atoms with E-state index in [2.05, 4.69) is 107 Å². The van der Waals surface area contributed by atoms with E-state index in [0.29, 0.717) is 23.4 Å². The van der Waals surface area contributed by atoms with Crippen LogP contribution >= 0.6 is 0 Å². The van der Waals surface area contributed by atoms with Crippen molar-refractivity contribution in [1.82, 2.24) is 4.98 Å². The van der Waals surface area contributed by atoms with Gasteiger partial charge < -0.3 is 0 Å². The number of fused-ring (bicyclic) bond motifs is 2. The Bertz CT molecular complexity index is 2080. The predicted molar refractivity (Wildman–Crippen MR) is 170 cm³/mol. The molecule has 1 aliphatic rings.